The van der Waals surface area contributed by atoms with Crippen molar-refractivity contribution in [1.29, 1.82) is 0 Å². The highest BCUT2D eigenvalue weighted by Gasteiger charge is 2.28. The summed E-state index contributed by atoms with van der Waals surface area (Å²) in [6.07, 6.45) is 6.33. The molecule has 0 atom stereocenters. The quantitative estimate of drug-likeness (QED) is 0.309. The van der Waals surface area contributed by atoms with Crippen molar-refractivity contribution in [3.63, 3.8) is 0 Å². The number of aromatic amines is 1. The van der Waals surface area contributed by atoms with Gasteiger partial charge >= 0.3 is 0 Å². The maximum Gasteiger partial charge on any atom is 0.251 e. The Bertz CT molecular complexity index is 1410. The van der Waals surface area contributed by atoms with E-state index in [-0.39, 0.29) is 23.0 Å². The van der Waals surface area contributed by atoms with Crippen molar-refractivity contribution in [3.8, 4) is 11.1 Å². The van der Waals surface area contributed by atoms with Crippen LogP contribution in [0, 0.1) is 13.8 Å². The van der Waals surface area contributed by atoms with Gasteiger partial charge in [0.15, 0.2) is 5.43 Å². The molecule has 0 bridgehead atoms. The van der Waals surface area contributed by atoms with Crippen molar-refractivity contribution in [2.45, 2.75) is 71.7 Å². The van der Waals surface area contributed by atoms with E-state index in [1.165, 1.54) is 6.07 Å². The van der Waals surface area contributed by atoms with Crippen LogP contribution in [0.25, 0.3) is 11.1 Å². The van der Waals surface area contributed by atoms with Crippen LogP contribution in [-0.2, 0) is 17.9 Å². The molecule has 2 N–H and O–H groups in total. The molecule has 0 unspecified atom stereocenters. The number of H-pyrrole nitrogens is 1. The van der Waals surface area contributed by atoms with Gasteiger partial charge in [-0.15, -0.1) is 0 Å². The highest BCUT2D eigenvalue weighted by Crippen LogP contribution is 2.35. The number of aryl methyl sites for hydroxylation is 1. The van der Waals surface area contributed by atoms with Crippen molar-refractivity contribution in [2.75, 3.05) is 32.6 Å². The lowest BCUT2D eigenvalue weighted by molar-refractivity contribution is 0.0950. The zero-order chi connectivity index (χ0) is 29.7. The van der Waals surface area contributed by atoms with Gasteiger partial charge in [-0.25, -0.2) is 0 Å². The third-order valence-corrected chi connectivity index (χ3v) is 8.53. The van der Waals surface area contributed by atoms with E-state index in [1.54, 1.807) is 14.0 Å². The van der Waals surface area contributed by atoms with Crippen LogP contribution in [0.4, 0.5) is 5.69 Å². The van der Waals surface area contributed by atoms with Crippen LogP contribution in [0.5, 0.6) is 0 Å². The number of pyridine rings is 2. The van der Waals surface area contributed by atoms with Gasteiger partial charge < -0.3 is 24.8 Å². The summed E-state index contributed by atoms with van der Waals surface area (Å²) in [4.78, 5) is 38.5. The predicted molar refractivity (Wildman–Crippen MR) is 166 cm³/mol. The molecule has 0 spiro atoms. The molecule has 4 rings (SSSR count). The minimum atomic E-state index is -0.252. The van der Waals surface area contributed by atoms with Crippen molar-refractivity contribution >= 4 is 23.2 Å². The molecule has 220 valence electrons. The summed E-state index contributed by atoms with van der Waals surface area (Å²) in [6, 6.07) is 10.6. The van der Waals surface area contributed by atoms with E-state index < -0.39 is 0 Å². The Balaban J connectivity index is 1.70. The molecular formula is C32H42ClN5O3. The topological polar surface area (TPSA) is 90.6 Å². The average molecular weight is 580 g/mol. The van der Waals surface area contributed by atoms with E-state index in [0.29, 0.717) is 35.5 Å². The van der Waals surface area contributed by atoms with Crippen LogP contribution in [0.15, 0.2) is 41.3 Å². The number of hydrogen-bond acceptors (Lipinski definition) is 6. The van der Waals surface area contributed by atoms with Crippen molar-refractivity contribution in [3.05, 3.63) is 80.0 Å². The summed E-state index contributed by atoms with van der Waals surface area (Å²) in [7, 11) is 5.96. The van der Waals surface area contributed by atoms with Gasteiger partial charge in [0.2, 0.25) is 0 Å². The number of rotatable bonds is 10. The van der Waals surface area contributed by atoms with E-state index in [0.717, 1.165) is 60.3 Å². The minimum Gasteiger partial charge on any atom is -0.378 e. The summed E-state index contributed by atoms with van der Waals surface area (Å²) >= 11 is 6.30. The molecule has 3 aromatic rings. The molecule has 1 aliphatic carbocycles. The molecule has 2 heterocycles. The van der Waals surface area contributed by atoms with Gasteiger partial charge in [0, 0.05) is 67.1 Å². The van der Waals surface area contributed by atoms with E-state index in [9.17, 15) is 9.59 Å². The largest absolute Gasteiger partial charge is 0.378 e. The maximum atomic E-state index is 13.7. The first-order valence-corrected chi connectivity index (χ1v) is 14.7. The first-order valence-electron chi connectivity index (χ1n) is 14.3. The third-order valence-electron chi connectivity index (χ3n) is 8.21. The van der Waals surface area contributed by atoms with E-state index in [4.69, 9.17) is 16.3 Å². The number of ether oxygens (including phenoxy) is 1. The Morgan fingerprint density at radius 2 is 1.80 bits per heavy atom. The number of nitrogens with zero attached hydrogens (tertiary/aromatic N) is 3. The number of anilines is 1. The summed E-state index contributed by atoms with van der Waals surface area (Å²) in [5.74, 6) is -0.252. The molecule has 8 nitrogen and oxygen atoms in total. The standard InChI is InChI=1S/C32H42ClN5O3/c1-7-38(26-12-10-25(11-13-26)37(4)5)29-16-23(22-8-9-24(19-41-6)34-17-22)15-27(21(29)3)32(40)35-18-28-30(39)14-20(2)36-31(28)33/h8-9,14-17,25-26H,7,10-13,18-19H2,1-6H3,(H,35,40)(H,36,39). The SMILES string of the molecule is CCN(c1cc(-c2ccc(COC)nc2)cc(C(=O)NCc2c(Cl)[nH]c(C)cc2=O)c1C)C1CCC(N(C)C)CC1. The van der Waals surface area contributed by atoms with Gasteiger partial charge in [0.1, 0.15) is 5.15 Å². The fourth-order valence-corrected chi connectivity index (χ4v) is 6.15. The second-order valence-electron chi connectivity index (χ2n) is 11.1. The number of amides is 1. The molecule has 1 amide bonds. The highest BCUT2D eigenvalue weighted by atomic mass is 35.5. The zero-order valence-electron chi connectivity index (χ0n) is 25.0. The molecule has 9 heteroatoms. The fourth-order valence-electron chi connectivity index (χ4n) is 5.84. The lowest BCUT2D eigenvalue weighted by atomic mass is 9.88. The molecule has 1 aliphatic rings. The van der Waals surface area contributed by atoms with Crippen molar-refractivity contribution < 1.29 is 9.53 Å². The Kier molecular flexibility index (Phi) is 10.2. The van der Waals surface area contributed by atoms with Crippen LogP contribution in [0.3, 0.4) is 0 Å². The lowest BCUT2D eigenvalue weighted by Crippen LogP contribution is -2.42. The molecule has 1 fully saturated rings. The summed E-state index contributed by atoms with van der Waals surface area (Å²) in [5, 5.41) is 3.19. The summed E-state index contributed by atoms with van der Waals surface area (Å²) in [6.45, 7) is 7.26. The van der Waals surface area contributed by atoms with Crippen molar-refractivity contribution in [2.24, 2.45) is 0 Å². The Morgan fingerprint density at radius 3 is 2.39 bits per heavy atom. The Morgan fingerprint density at radius 1 is 1.10 bits per heavy atom. The average Bonchev–Trinajstić information content (AvgIpc) is 2.94. The zero-order valence-corrected chi connectivity index (χ0v) is 25.8. The first-order chi connectivity index (χ1) is 19.6. The Hall–Kier alpha value is -3.20. The fraction of sp³-hybridized carbons (Fsp3) is 0.469. The van der Waals surface area contributed by atoms with Gasteiger partial charge in [-0.3, -0.25) is 14.6 Å². The van der Waals surface area contributed by atoms with Gasteiger partial charge in [-0.2, -0.15) is 0 Å². The normalized spacial score (nSPS) is 17.1. The van der Waals surface area contributed by atoms with Gasteiger partial charge in [0.25, 0.3) is 5.91 Å². The number of nitrogens with one attached hydrogen (secondary N) is 2. The lowest BCUT2D eigenvalue weighted by Gasteiger charge is -2.40. The molecule has 1 saturated carbocycles. The molecule has 2 aromatic heterocycles. The van der Waals surface area contributed by atoms with E-state index in [2.05, 4.69) is 52.2 Å². The second-order valence-corrected chi connectivity index (χ2v) is 11.5. The molecule has 0 aliphatic heterocycles. The van der Waals surface area contributed by atoms with Crippen LogP contribution >= 0.6 is 11.6 Å². The smallest absolute Gasteiger partial charge is 0.251 e. The number of carbonyl (C=O) groups excluding carboxylic acids is 1. The van der Waals surface area contributed by atoms with E-state index in [1.807, 2.05) is 31.3 Å². The van der Waals surface area contributed by atoms with Crippen LogP contribution in [-0.4, -0.2) is 60.6 Å². The number of carbonyl (C=O) groups is 1. The molecule has 0 radical (unpaired) electrons. The number of hydrogen-bond donors (Lipinski definition) is 2. The summed E-state index contributed by atoms with van der Waals surface area (Å²) in [5.41, 5.74) is 6.02. The van der Waals surface area contributed by atoms with Crippen LogP contribution in [0.2, 0.25) is 5.15 Å². The number of aromatic nitrogens is 2. The Labute approximate surface area is 248 Å². The number of methoxy groups -OCH3 is 1. The van der Waals surface area contributed by atoms with Crippen LogP contribution in [0.1, 0.15) is 65.5 Å². The number of halogens is 1. The highest BCUT2D eigenvalue weighted by molar-refractivity contribution is 6.30. The number of benzene rings is 1. The molecule has 41 heavy (non-hydrogen) atoms. The molecular weight excluding hydrogens is 538 g/mol. The molecule has 1 aromatic carbocycles. The van der Waals surface area contributed by atoms with E-state index >= 15 is 0 Å². The maximum absolute atomic E-state index is 13.7. The summed E-state index contributed by atoms with van der Waals surface area (Å²) < 4.78 is 5.22. The first kappa shape index (κ1) is 30.8. The van der Waals surface area contributed by atoms with Crippen molar-refractivity contribution in [1.82, 2.24) is 20.2 Å². The third kappa shape index (κ3) is 7.18. The minimum absolute atomic E-state index is 0.0333. The van der Waals surface area contributed by atoms with Gasteiger partial charge in [-0.1, -0.05) is 17.7 Å². The predicted octanol–water partition coefficient (Wildman–Crippen LogP) is 5.48. The second kappa shape index (κ2) is 13.6. The van der Waals surface area contributed by atoms with Gasteiger partial charge in [0.05, 0.1) is 17.9 Å². The monoisotopic (exact) mass is 579 g/mol. The van der Waals surface area contributed by atoms with Crippen LogP contribution < -0.4 is 15.6 Å². The van der Waals surface area contributed by atoms with Gasteiger partial charge in [-0.05, 0) is 89.9 Å². The molecule has 0 saturated heterocycles.